The van der Waals surface area contributed by atoms with Crippen molar-refractivity contribution in [3.8, 4) is 0 Å². The monoisotopic (exact) mass is 216 g/mol. The third-order valence-corrected chi connectivity index (χ3v) is 3.04. The maximum absolute atomic E-state index is 5.60. The predicted molar refractivity (Wildman–Crippen MR) is 51.0 cm³/mol. The van der Waals surface area contributed by atoms with Gasteiger partial charge in [0.15, 0.2) is 0 Å². The van der Waals surface area contributed by atoms with Gasteiger partial charge in [0.2, 0.25) is 0 Å². The van der Waals surface area contributed by atoms with Crippen molar-refractivity contribution in [2.75, 3.05) is 6.61 Å². The quantitative estimate of drug-likeness (QED) is 0.646. The molecule has 1 nitrogen and oxygen atoms in total. The van der Waals surface area contributed by atoms with E-state index in [1.54, 1.807) is 0 Å². The highest BCUT2D eigenvalue weighted by Crippen LogP contribution is 2.27. The Morgan fingerprint density at radius 3 is 2.82 bits per heavy atom. The second-order valence-electron chi connectivity index (χ2n) is 2.76. The van der Waals surface area contributed by atoms with E-state index < -0.39 is 0 Å². The molecule has 2 atom stereocenters. The molecule has 0 aromatic rings. The van der Waals surface area contributed by atoms with Crippen LogP contribution in [0.15, 0.2) is 24.3 Å². The van der Waals surface area contributed by atoms with E-state index >= 15 is 0 Å². The number of alkyl halides is 1. The highest BCUT2D eigenvalue weighted by Gasteiger charge is 2.29. The molecule has 0 radical (unpaired) electrons. The van der Waals surface area contributed by atoms with Crippen molar-refractivity contribution in [1.82, 2.24) is 0 Å². The lowest BCUT2D eigenvalue weighted by Crippen LogP contribution is -2.36. The summed E-state index contributed by atoms with van der Waals surface area (Å²) in [5, 5.41) is 0. The van der Waals surface area contributed by atoms with Gasteiger partial charge in [-0.05, 0) is 13.8 Å². The SMILES string of the molecule is CCOC1(C)C=CC=CC1Br. The van der Waals surface area contributed by atoms with Crippen LogP contribution in [0.1, 0.15) is 13.8 Å². The van der Waals surface area contributed by atoms with Crippen molar-refractivity contribution in [2.24, 2.45) is 0 Å². The number of hydrogen-bond acceptors (Lipinski definition) is 1. The standard InChI is InChI=1S/C9H13BrO/c1-3-11-9(2)7-5-4-6-8(9)10/h4-8H,3H2,1-2H3. The summed E-state index contributed by atoms with van der Waals surface area (Å²) in [7, 11) is 0. The van der Waals surface area contributed by atoms with Crippen LogP contribution in [0.2, 0.25) is 0 Å². The van der Waals surface area contributed by atoms with Crippen LogP contribution in [0, 0.1) is 0 Å². The Hall–Kier alpha value is -0.0800. The van der Waals surface area contributed by atoms with Gasteiger partial charge < -0.3 is 4.74 Å². The number of rotatable bonds is 2. The van der Waals surface area contributed by atoms with Gasteiger partial charge in [0.25, 0.3) is 0 Å². The lowest BCUT2D eigenvalue weighted by atomic mass is 9.97. The van der Waals surface area contributed by atoms with Gasteiger partial charge in [0, 0.05) is 6.61 Å². The summed E-state index contributed by atoms with van der Waals surface area (Å²) < 4.78 is 5.60. The van der Waals surface area contributed by atoms with E-state index in [0.29, 0.717) is 4.83 Å². The molecule has 1 rings (SSSR count). The topological polar surface area (TPSA) is 9.23 Å². The van der Waals surface area contributed by atoms with Crippen LogP contribution in [0.4, 0.5) is 0 Å². The molecule has 0 saturated heterocycles. The molecule has 2 unspecified atom stereocenters. The second-order valence-corrected chi connectivity index (χ2v) is 3.75. The van der Waals surface area contributed by atoms with Gasteiger partial charge in [-0.1, -0.05) is 40.2 Å². The molecule has 0 amide bonds. The van der Waals surface area contributed by atoms with Gasteiger partial charge in [-0.3, -0.25) is 0 Å². The van der Waals surface area contributed by atoms with E-state index in [-0.39, 0.29) is 5.60 Å². The predicted octanol–water partition coefficient (Wildman–Crippen LogP) is 2.67. The summed E-state index contributed by atoms with van der Waals surface area (Å²) in [4.78, 5) is 0.292. The molecule has 62 valence electrons. The number of halogens is 1. The first-order valence-electron chi connectivity index (χ1n) is 3.83. The minimum Gasteiger partial charge on any atom is -0.370 e. The summed E-state index contributed by atoms with van der Waals surface area (Å²) in [5.41, 5.74) is -0.163. The summed E-state index contributed by atoms with van der Waals surface area (Å²) in [5.74, 6) is 0. The third kappa shape index (κ3) is 1.94. The molecule has 0 aliphatic heterocycles. The largest absolute Gasteiger partial charge is 0.370 e. The smallest absolute Gasteiger partial charge is 0.0996 e. The highest BCUT2D eigenvalue weighted by atomic mass is 79.9. The molecule has 0 N–H and O–H groups in total. The van der Waals surface area contributed by atoms with Crippen molar-refractivity contribution >= 4 is 15.9 Å². The Bertz CT molecular complexity index is 186. The Kier molecular flexibility index (Phi) is 2.90. The van der Waals surface area contributed by atoms with Crippen molar-refractivity contribution in [3.05, 3.63) is 24.3 Å². The van der Waals surface area contributed by atoms with Crippen molar-refractivity contribution < 1.29 is 4.74 Å². The molecule has 0 aromatic heterocycles. The molecule has 0 fully saturated rings. The molecule has 0 heterocycles. The van der Waals surface area contributed by atoms with E-state index in [1.165, 1.54) is 0 Å². The zero-order valence-electron chi connectivity index (χ0n) is 6.88. The fraction of sp³-hybridized carbons (Fsp3) is 0.556. The first-order chi connectivity index (χ1) is 5.19. The highest BCUT2D eigenvalue weighted by molar-refractivity contribution is 9.09. The number of allylic oxidation sites excluding steroid dienone is 2. The maximum Gasteiger partial charge on any atom is 0.0996 e. The number of ether oxygens (including phenoxy) is 1. The van der Waals surface area contributed by atoms with E-state index in [2.05, 4.69) is 35.0 Å². The average molecular weight is 217 g/mol. The summed E-state index contributed by atoms with van der Waals surface area (Å²) in [6.07, 6.45) is 8.22. The average Bonchev–Trinajstić information content (AvgIpc) is 1.96. The molecule has 0 aromatic carbocycles. The Balaban J connectivity index is 2.68. The molecule has 0 spiro atoms. The molecule has 2 heteroatoms. The van der Waals surface area contributed by atoms with E-state index in [0.717, 1.165) is 6.61 Å². The minimum atomic E-state index is -0.163. The Labute approximate surface area is 76.3 Å². The molecule has 11 heavy (non-hydrogen) atoms. The second kappa shape index (κ2) is 3.55. The molecular weight excluding hydrogens is 204 g/mol. The third-order valence-electron chi connectivity index (χ3n) is 1.82. The molecular formula is C9H13BrO. The first kappa shape index (κ1) is 9.01. The minimum absolute atomic E-state index is 0.163. The van der Waals surface area contributed by atoms with E-state index in [9.17, 15) is 0 Å². The van der Waals surface area contributed by atoms with Gasteiger partial charge in [0.05, 0.1) is 10.4 Å². The summed E-state index contributed by atoms with van der Waals surface area (Å²) >= 11 is 3.55. The van der Waals surface area contributed by atoms with Crippen LogP contribution in [-0.4, -0.2) is 17.0 Å². The van der Waals surface area contributed by atoms with Crippen LogP contribution in [0.3, 0.4) is 0 Å². The van der Waals surface area contributed by atoms with Crippen molar-refractivity contribution in [3.63, 3.8) is 0 Å². The van der Waals surface area contributed by atoms with Crippen molar-refractivity contribution in [1.29, 1.82) is 0 Å². The van der Waals surface area contributed by atoms with E-state index in [1.807, 2.05) is 19.1 Å². The number of hydrogen-bond donors (Lipinski definition) is 0. The van der Waals surface area contributed by atoms with Crippen LogP contribution < -0.4 is 0 Å². The normalized spacial score (nSPS) is 36.1. The molecule has 0 saturated carbocycles. The Morgan fingerprint density at radius 1 is 1.55 bits per heavy atom. The van der Waals surface area contributed by atoms with Crippen LogP contribution in [-0.2, 0) is 4.74 Å². The van der Waals surface area contributed by atoms with Gasteiger partial charge in [-0.2, -0.15) is 0 Å². The van der Waals surface area contributed by atoms with Gasteiger partial charge in [0.1, 0.15) is 0 Å². The summed E-state index contributed by atoms with van der Waals surface area (Å²) in [6, 6.07) is 0. The van der Waals surface area contributed by atoms with Crippen LogP contribution in [0.25, 0.3) is 0 Å². The summed E-state index contributed by atoms with van der Waals surface area (Å²) in [6.45, 7) is 4.84. The van der Waals surface area contributed by atoms with Crippen LogP contribution in [0.5, 0.6) is 0 Å². The Morgan fingerprint density at radius 2 is 2.27 bits per heavy atom. The first-order valence-corrected chi connectivity index (χ1v) is 4.74. The van der Waals surface area contributed by atoms with Crippen molar-refractivity contribution in [2.45, 2.75) is 24.3 Å². The lowest BCUT2D eigenvalue weighted by Gasteiger charge is -2.31. The lowest BCUT2D eigenvalue weighted by molar-refractivity contribution is 0.0205. The molecule has 1 aliphatic carbocycles. The maximum atomic E-state index is 5.60. The fourth-order valence-corrected chi connectivity index (χ4v) is 1.59. The van der Waals surface area contributed by atoms with Gasteiger partial charge in [-0.15, -0.1) is 0 Å². The van der Waals surface area contributed by atoms with E-state index in [4.69, 9.17) is 4.74 Å². The van der Waals surface area contributed by atoms with Crippen LogP contribution >= 0.6 is 15.9 Å². The zero-order chi connectivity index (χ0) is 8.32. The molecule has 1 aliphatic rings. The van der Waals surface area contributed by atoms with Gasteiger partial charge >= 0.3 is 0 Å². The fourth-order valence-electron chi connectivity index (χ4n) is 1.13. The zero-order valence-corrected chi connectivity index (χ0v) is 8.47. The molecule has 0 bridgehead atoms. The van der Waals surface area contributed by atoms with Gasteiger partial charge in [-0.25, -0.2) is 0 Å².